The number of hydrogen-bond acceptors (Lipinski definition) is 4. The molecule has 6 nitrogen and oxygen atoms in total. The summed E-state index contributed by atoms with van der Waals surface area (Å²) in [5.74, 6) is 1.15. The molecule has 0 aliphatic carbocycles. The van der Waals surface area contributed by atoms with Gasteiger partial charge in [0.05, 0.1) is 0 Å². The van der Waals surface area contributed by atoms with Crippen molar-refractivity contribution in [1.82, 2.24) is 10.6 Å². The number of carbonyl (C=O) groups excluding carboxylic acids is 2. The fourth-order valence-corrected chi connectivity index (χ4v) is 1.95. The Morgan fingerprint density at radius 3 is 2.50 bits per heavy atom. The molecule has 126 valence electrons. The summed E-state index contributed by atoms with van der Waals surface area (Å²) < 4.78 is 10.5. The molecule has 2 rings (SSSR count). The zero-order valence-corrected chi connectivity index (χ0v) is 13.5. The van der Waals surface area contributed by atoms with Gasteiger partial charge in [-0.1, -0.05) is 30.3 Å². The van der Waals surface area contributed by atoms with E-state index in [4.69, 9.17) is 9.47 Å². The minimum Gasteiger partial charge on any atom is -0.457 e. The van der Waals surface area contributed by atoms with Crippen LogP contribution in [-0.2, 0) is 16.0 Å². The summed E-state index contributed by atoms with van der Waals surface area (Å²) in [6.07, 6.45) is 0.0106. The number of hydrogen-bond donors (Lipinski definition) is 2. The minimum atomic E-state index is -0.615. The summed E-state index contributed by atoms with van der Waals surface area (Å²) in [4.78, 5) is 22.4. The summed E-state index contributed by atoms with van der Waals surface area (Å²) in [6.45, 7) is 0.115. The van der Waals surface area contributed by atoms with E-state index in [0.29, 0.717) is 13.0 Å². The highest BCUT2D eigenvalue weighted by Gasteiger charge is 2.05. The summed E-state index contributed by atoms with van der Waals surface area (Å²) in [5.41, 5.74) is 1.02. The van der Waals surface area contributed by atoms with Gasteiger partial charge in [-0.05, 0) is 36.2 Å². The zero-order valence-electron chi connectivity index (χ0n) is 13.5. The van der Waals surface area contributed by atoms with Crippen molar-refractivity contribution in [3.05, 3.63) is 60.2 Å². The molecule has 0 aliphatic heterocycles. The molecule has 24 heavy (non-hydrogen) atoms. The van der Waals surface area contributed by atoms with Crippen LogP contribution in [0.4, 0.5) is 4.79 Å². The second-order valence-corrected chi connectivity index (χ2v) is 4.99. The molecule has 0 bridgehead atoms. The van der Waals surface area contributed by atoms with Gasteiger partial charge in [0.2, 0.25) is 0 Å². The number of rotatable bonds is 7. The summed E-state index contributed by atoms with van der Waals surface area (Å²) >= 11 is 0. The van der Waals surface area contributed by atoms with Gasteiger partial charge in [0.1, 0.15) is 11.5 Å². The lowest BCUT2D eigenvalue weighted by Crippen LogP contribution is -2.31. The molecule has 2 amide bonds. The maximum atomic E-state index is 11.4. The van der Waals surface area contributed by atoms with Crippen LogP contribution in [0, 0.1) is 0 Å². The van der Waals surface area contributed by atoms with E-state index in [1.54, 1.807) is 0 Å². The van der Waals surface area contributed by atoms with Gasteiger partial charge in [-0.3, -0.25) is 4.79 Å². The molecular formula is C18H20N2O4. The first kappa shape index (κ1) is 17.3. The topological polar surface area (TPSA) is 76.7 Å². The maximum Gasteiger partial charge on any atom is 0.407 e. The molecule has 0 spiro atoms. The molecule has 0 unspecified atom stereocenters. The Balaban J connectivity index is 1.78. The largest absolute Gasteiger partial charge is 0.457 e. The van der Waals surface area contributed by atoms with Crippen LogP contribution in [0.1, 0.15) is 5.56 Å². The molecule has 0 saturated heterocycles. The van der Waals surface area contributed by atoms with Crippen molar-refractivity contribution < 1.29 is 19.1 Å². The molecule has 0 atom stereocenters. The van der Waals surface area contributed by atoms with Crippen molar-refractivity contribution in [3.8, 4) is 11.5 Å². The first-order valence-corrected chi connectivity index (χ1v) is 7.60. The van der Waals surface area contributed by atoms with Crippen molar-refractivity contribution in [2.75, 3.05) is 20.2 Å². The van der Waals surface area contributed by atoms with Crippen molar-refractivity contribution in [2.24, 2.45) is 0 Å². The fourth-order valence-electron chi connectivity index (χ4n) is 1.95. The SMILES string of the molecule is CNC(=O)COC(=O)NCCc1cccc(Oc2ccccc2)c1. The number of carbonyl (C=O) groups is 2. The summed E-state index contributed by atoms with van der Waals surface area (Å²) in [6, 6.07) is 17.2. The van der Waals surface area contributed by atoms with Crippen LogP contribution in [0.25, 0.3) is 0 Å². The third kappa shape index (κ3) is 6.00. The third-order valence-corrected chi connectivity index (χ3v) is 3.17. The second-order valence-electron chi connectivity index (χ2n) is 4.99. The first-order valence-electron chi connectivity index (χ1n) is 7.60. The number of amides is 2. The molecule has 0 aliphatic rings. The van der Waals surface area contributed by atoms with E-state index in [0.717, 1.165) is 17.1 Å². The van der Waals surface area contributed by atoms with Crippen LogP contribution in [0.2, 0.25) is 0 Å². The quantitative estimate of drug-likeness (QED) is 0.819. The summed E-state index contributed by atoms with van der Waals surface area (Å²) in [5, 5.41) is 4.97. The Hall–Kier alpha value is -3.02. The Morgan fingerprint density at radius 2 is 1.75 bits per heavy atom. The number of nitrogens with one attached hydrogen (secondary N) is 2. The molecular weight excluding hydrogens is 308 g/mol. The van der Waals surface area contributed by atoms with E-state index in [2.05, 4.69) is 10.6 Å². The summed E-state index contributed by atoms with van der Waals surface area (Å²) in [7, 11) is 1.48. The molecule has 2 aromatic rings. The van der Waals surface area contributed by atoms with Gasteiger partial charge in [-0.25, -0.2) is 4.79 Å². The van der Waals surface area contributed by atoms with Crippen molar-refractivity contribution in [3.63, 3.8) is 0 Å². The Bertz CT molecular complexity index is 674. The lowest BCUT2D eigenvalue weighted by molar-refractivity contribution is -0.123. The van der Waals surface area contributed by atoms with Gasteiger partial charge in [0.25, 0.3) is 5.91 Å². The average molecular weight is 328 g/mol. The Labute approximate surface area is 140 Å². The molecule has 0 radical (unpaired) electrons. The molecule has 0 fully saturated rings. The second kappa shape index (κ2) is 9.19. The number of benzene rings is 2. The van der Waals surface area contributed by atoms with E-state index in [9.17, 15) is 9.59 Å². The Kier molecular flexibility index (Phi) is 6.64. The molecule has 6 heteroatoms. The third-order valence-electron chi connectivity index (χ3n) is 3.17. The van der Waals surface area contributed by atoms with Gasteiger partial charge < -0.3 is 20.1 Å². The number of likely N-dealkylation sites (N-methyl/N-ethyl adjacent to an activating group) is 1. The monoisotopic (exact) mass is 328 g/mol. The predicted octanol–water partition coefficient (Wildman–Crippen LogP) is 2.49. The van der Waals surface area contributed by atoms with E-state index in [-0.39, 0.29) is 12.5 Å². The lowest BCUT2D eigenvalue weighted by atomic mass is 10.1. The molecule has 0 heterocycles. The zero-order chi connectivity index (χ0) is 17.2. The highest BCUT2D eigenvalue weighted by molar-refractivity contribution is 5.79. The van der Waals surface area contributed by atoms with Crippen LogP contribution in [0.5, 0.6) is 11.5 Å². The van der Waals surface area contributed by atoms with Crippen molar-refractivity contribution in [1.29, 1.82) is 0 Å². The van der Waals surface area contributed by atoms with Gasteiger partial charge in [0.15, 0.2) is 6.61 Å². The average Bonchev–Trinajstić information content (AvgIpc) is 2.61. The van der Waals surface area contributed by atoms with E-state index in [1.807, 2.05) is 54.6 Å². The van der Waals surface area contributed by atoms with E-state index in [1.165, 1.54) is 7.05 Å². The van der Waals surface area contributed by atoms with Crippen molar-refractivity contribution in [2.45, 2.75) is 6.42 Å². The smallest absolute Gasteiger partial charge is 0.407 e. The van der Waals surface area contributed by atoms with Crippen LogP contribution in [0.3, 0.4) is 0 Å². The van der Waals surface area contributed by atoms with Gasteiger partial charge in [-0.2, -0.15) is 0 Å². The van der Waals surface area contributed by atoms with Crippen LogP contribution < -0.4 is 15.4 Å². The molecule has 2 aromatic carbocycles. The van der Waals surface area contributed by atoms with Crippen LogP contribution >= 0.6 is 0 Å². The molecule has 2 N–H and O–H groups in total. The molecule has 0 saturated carbocycles. The number of alkyl carbamates (subject to hydrolysis) is 1. The fraction of sp³-hybridized carbons (Fsp3) is 0.222. The van der Waals surface area contributed by atoms with Crippen LogP contribution in [0.15, 0.2) is 54.6 Å². The highest BCUT2D eigenvalue weighted by Crippen LogP contribution is 2.21. The normalized spacial score (nSPS) is 9.88. The van der Waals surface area contributed by atoms with Gasteiger partial charge in [-0.15, -0.1) is 0 Å². The van der Waals surface area contributed by atoms with E-state index >= 15 is 0 Å². The molecule has 0 aromatic heterocycles. The number of ether oxygens (including phenoxy) is 2. The maximum absolute atomic E-state index is 11.4. The van der Waals surface area contributed by atoms with Crippen LogP contribution in [-0.4, -0.2) is 32.2 Å². The standard InChI is InChI=1S/C18H20N2O4/c1-19-17(21)13-23-18(22)20-11-10-14-6-5-9-16(12-14)24-15-7-3-2-4-8-15/h2-9,12H,10-11,13H2,1H3,(H,19,21)(H,20,22). The number of para-hydroxylation sites is 1. The lowest BCUT2D eigenvalue weighted by Gasteiger charge is -2.09. The van der Waals surface area contributed by atoms with Crippen molar-refractivity contribution >= 4 is 12.0 Å². The first-order chi connectivity index (χ1) is 11.7. The minimum absolute atomic E-state index is 0.289. The predicted molar refractivity (Wildman–Crippen MR) is 90.1 cm³/mol. The highest BCUT2D eigenvalue weighted by atomic mass is 16.6. The van der Waals surface area contributed by atoms with Gasteiger partial charge >= 0.3 is 6.09 Å². The van der Waals surface area contributed by atoms with E-state index < -0.39 is 6.09 Å². The van der Waals surface area contributed by atoms with Gasteiger partial charge in [0, 0.05) is 13.6 Å². The Morgan fingerprint density at radius 1 is 1.00 bits per heavy atom.